The Hall–Kier alpha value is -1.88. The molecule has 1 aromatic carbocycles. The third-order valence-corrected chi connectivity index (χ3v) is 2.37. The van der Waals surface area contributed by atoms with Crippen molar-refractivity contribution in [1.82, 2.24) is 4.98 Å². The summed E-state index contributed by atoms with van der Waals surface area (Å²) in [6.07, 6.45) is 2.08. The molecular weight excluding hydrogens is 223 g/mol. The summed E-state index contributed by atoms with van der Waals surface area (Å²) >= 11 is 0. The first-order chi connectivity index (χ1) is 8.22. The van der Waals surface area contributed by atoms with Crippen molar-refractivity contribution in [2.75, 3.05) is 7.11 Å². The molecule has 2 aromatic rings. The Morgan fingerprint density at radius 1 is 1.47 bits per heavy atom. The van der Waals surface area contributed by atoms with Gasteiger partial charge in [0.1, 0.15) is 5.76 Å². The number of methoxy groups -OCH3 is 1. The third kappa shape index (κ3) is 2.62. The molecule has 0 amide bonds. The van der Waals surface area contributed by atoms with Crippen LogP contribution in [-0.2, 0) is 13.0 Å². The first kappa shape index (κ1) is 11.6. The number of rotatable bonds is 4. The third-order valence-electron chi connectivity index (χ3n) is 2.37. The SMILES string of the molecule is COc1ccc(Cc2cnc(CN)o2)cc1F. The van der Waals surface area contributed by atoms with E-state index in [1.165, 1.54) is 13.2 Å². The van der Waals surface area contributed by atoms with Crippen molar-refractivity contribution >= 4 is 0 Å². The highest BCUT2D eigenvalue weighted by Crippen LogP contribution is 2.19. The largest absolute Gasteiger partial charge is 0.494 e. The van der Waals surface area contributed by atoms with E-state index >= 15 is 0 Å². The van der Waals surface area contributed by atoms with Gasteiger partial charge in [-0.3, -0.25) is 0 Å². The van der Waals surface area contributed by atoms with Gasteiger partial charge >= 0.3 is 0 Å². The van der Waals surface area contributed by atoms with E-state index in [9.17, 15) is 4.39 Å². The van der Waals surface area contributed by atoms with Crippen LogP contribution < -0.4 is 10.5 Å². The van der Waals surface area contributed by atoms with E-state index in [-0.39, 0.29) is 18.1 Å². The van der Waals surface area contributed by atoms with Crippen molar-refractivity contribution in [3.8, 4) is 5.75 Å². The Labute approximate surface area is 98.2 Å². The van der Waals surface area contributed by atoms with Crippen molar-refractivity contribution in [2.45, 2.75) is 13.0 Å². The molecule has 5 heteroatoms. The number of ether oxygens (including phenoxy) is 1. The first-order valence-electron chi connectivity index (χ1n) is 5.19. The lowest BCUT2D eigenvalue weighted by molar-refractivity contribution is 0.386. The maximum atomic E-state index is 13.4. The Kier molecular flexibility index (Phi) is 3.39. The van der Waals surface area contributed by atoms with Gasteiger partial charge < -0.3 is 14.9 Å². The molecule has 0 fully saturated rings. The second-order valence-electron chi connectivity index (χ2n) is 3.57. The van der Waals surface area contributed by atoms with Crippen molar-refractivity contribution in [3.63, 3.8) is 0 Å². The summed E-state index contributed by atoms with van der Waals surface area (Å²) < 4.78 is 23.6. The molecule has 0 unspecified atom stereocenters. The molecule has 17 heavy (non-hydrogen) atoms. The van der Waals surface area contributed by atoms with E-state index in [4.69, 9.17) is 14.9 Å². The topological polar surface area (TPSA) is 61.3 Å². The van der Waals surface area contributed by atoms with Crippen molar-refractivity contribution in [1.29, 1.82) is 0 Å². The zero-order valence-corrected chi connectivity index (χ0v) is 9.44. The molecule has 4 nitrogen and oxygen atoms in total. The summed E-state index contributed by atoms with van der Waals surface area (Å²) in [6.45, 7) is 0.261. The van der Waals surface area contributed by atoms with Gasteiger partial charge in [-0.05, 0) is 17.7 Å². The fourth-order valence-electron chi connectivity index (χ4n) is 1.55. The lowest BCUT2D eigenvalue weighted by Gasteiger charge is -2.03. The molecule has 2 N–H and O–H groups in total. The molecule has 0 aliphatic carbocycles. The lowest BCUT2D eigenvalue weighted by atomic mass is 10.1. The summed E-state index contributed by atoms with van der Waals surface area (Å²) in [6, 6.07) is 4.79. The van der Waals surface area contributed by atoms with Crippen LogP contribution in [0.1, 0.15) is 17.2 Å². The number of hydrogen-bond donors (Lipinski definition) is 1. The van der Waals surface area contributed by atoms with Crippen LogP contribution in [-0.4, -0.2) is 12.1 Å². The van der Waals surface area contributed by atoms with E-state index in [0.29, 0.717) is 18.1 Å². The summed E-state index contributed by atoms with van der Waals surface area (Å²) in [7, 11) is 1.43. The Morgan fingerprint density at radius 3 is 2.88 bits per heavy atom. The molecule has 1 heterocycles. The van der Waals surface area contributed by atoms with Gasteiger partial charge in [-0.25, -0.2) is 9.37 Å². The average molecular weight is 236 g/mol. The zero-order valence-electron chi connectivity index (χ0n) is 9.44. The summed E-state index contributed by atoms with van der Waals surface area (Å²) in [4.78, 5) is 3.98. The summed E-state index contributed by atoms with van der Waals surface area (Å²) in [5.74, 6) is 0.988. The second kappa shape index (κ2) is 4.97. The number of halogens is 1. The van der Waals surface area contributed by atoms with Crippen LogP contribution in [0.5, 0.6) is 5.75 Å². The number of aromatic nitrogens is 1. The Bertz CT molecular complexity index is 511. The van der Waals surface area contributed by atoms with Crippen LogP contribution in [0.4, 0.5) is 4.39 Å². The van der Waals surface area contributed by atoms with Crippen LogP contribution in [0.25, 0.3) is 0 Å². The van der Waals surface area contributed by atoms with Gasteiger partial charge in [0.05, 0.1) is 19.9 Å². The molecule has 0 bridgehead atoms. The minimum absolute atomic E-state index is 0.231. The van der Waals surface area contributed by atoms with Gasteiger partial charge in [-0.2, -0.15) is 0 Å². The second-order valence-corrected chi connectivity index (χ2v) is 3.57. The Morgan fingerprint density at radius 2 is 2.29 bits per heavy atom. The van der Waals surface area contributed by atoms with Gasteiger partial charge in [0, 0.05) is 6.42 Å². The predicted octanol–water partition coefficient (Wildman–Crippen LogP) is 1.87. The van der Waals surface area contributed by atoms with Crippen LogP contribution >= 0.6 is 0 Å². The summed E-state index contributed by atoms with van der Waals surface area (Å²) in [5.41, 5.74) is 6.18. The highest BCUT2D eigenvalue weighted by molar-refractivity contribution is 5.30. The van der Waals surface area contributed by atoms with E-state index < -0.39 is 0 Å². The molecule has 0 spiro atoms. The number of benzene rings is 1. The van der Waals surface area contributed by atoms with Gasteiger partial charge in [0.15, 0.2) is 11.6 Å². The molecule has 0 atom stereocenters. The highest BCUT2D eigenvalue weighted by atomic mass is 19.1. The number of hydrogen-bond acceptors (Lipinski definition) is 4. The highest BCUT2D eigenvalue weighted by Gasteiger charge is 2.07. The maximum absolute atomic E-state index is 13.4. The maximum Gasteiger partial charge on any atom is 0.208 e. The van der Waals surface area contributed by atoms with E-state index in [0.717, 1.165) is 5.56 Å². The van der Waals surface area contributed by atoms with Gasteiger partial charge in [-0.1, -0.05) is 6.07 Å². The van der Waals surface area contributed by atoms with Crippen molar-refractivity contribution in [2.24, 2.45) is 5.73 Å². The fraction of sp³-hybridized carbons (Fsp3) is 0.250. The molecule has 2 rings (SSSR count). The minimum Gasteiger partial charge on any atom is -0.494 e. The first-order valence-corrected chi connectivity index (χ1v) is 5.19. The minimum atomic E-state index is -0.386. The molecule has 0 radical (unpaired) electrons. The standard InChI is InChI=1S/C12H13FN2O2/c1-16-11-3-2-8(5-10(11)13)4-9-7-15-12(6-14)17-9/h2-3,5,7H,4,6,14H2,1H3. The molecule has 0 saturated heterocycles. The van der Waals surface area contributed by atoms with Crippen LogP contribution in [0.15, 0.2) is 28.8 Å². The van der Waals surface area contributed by atoms with E-state index in [1.807, 2.05) is 0 Å². The van der Waals surface area contributed by atoms with Crippen LogP contribution in [0.2, 0.25) is 0 Å². The van der Waals surface area contributed by atoms with Crippen LogP contribution in [0, 0.1) is 5.82 Å². The smallest absolute Gasteiger partial charge is 0.208 e. The molecule has 0 aliphatic rings. The molecule has 0 saturated carbocycles. The quantitative estimate of drug-likeness (QED) is 0.880. The average Bonchev–Trinajstić information content (AvgIpc) is 2.77. The molecule has 1 aromatic heterocycles. The monoisotopic (exact) mass is 236 g/mol. The van der Waals surface area contributed by atoms with Crippen LogP contribution in [0.3, 0.4) is 0 Å². The molecular formula is C12H13FN2O2. The summed E-state index contributed by atoms with van der Waals surface area (Å²) in [5, 5.41) is 0. The molecule has 0 aliphatic heterocycles. The van der Waals surface area contributed by atoms with Crippen molar-refractivity contribution < 1.29 is 13.5 Å². The number of oxazole rings is 1. The lowest BCUT2D eigenvalue weighted by Crippen LogP contribution is -1.95. The van der Waals surface area contributed by atoms with Crippen molar-refractivity contribution in [3.05, 3.63) is 47.4 Å². The Balaban J connectivity index is 2.15. The number of nitrogens with two attached hydrogens (primary N) is 1. The van der Waals surface area contributed by atoms with Gasteiger partial charge in [-0.15, -0.1) is 0 Å². The van der Waals surface area contributed by atoms with E-state index in [2.05, 4.69) is 4.98 Å². The molecule has 90 valence electrons. The van der Waals surface area contributed by atoms with Gasteiger partial charge in [0.25, 0.3) is 0 Å². The predicted molar refractivity (Wildman–Crippen MR) is 60.2 cm³/mol. The normalized spacial score (nSPS) is 10.5. The van der Waals surface area contributed by atoms with Gasteiger partial charge in [0.2, 0.25) is 5.89 Å². The van der Waals surface area contributed by atoms with E-state index in [1.54, 1.807) is 18.3 Å². The zero-order chi connectivity index (χ0) is 12.3. The number of nitrogens with zero attached hydrogens (tertiary/aromatic N) is 1. The fourth-order valence-corrected chi connectivity index (χ4v) is 1.55.